The number of carboxylic acid groups (broad SMARTS) is 2. The highest BCUT2D eigenvalue weighted by molar-refractivity contribution is 6.04. The predicted octanol–water partition coefficient (Wildman–Crippen LogP) is 2.89. The Morgan fingerprint density at radius 1 is 1.00 bits per heavy atom. The van der Waals surface area contributed by atoms with Crippen molar-refractivity contribution in [2.45, 2.75) is 57.7 Å². The van der Waals surface area contributed by atoms with E-state index in [1.165, 1.54) is 12.1 Å². The Kier molecular flexibility index (Phi) is 5.14. The van der Waals surface area contributed by atoms with Crippen molar-refractivity contribution in [2.24, 2.45) is 0 Å². The van der Waals surface area contributed by atoms with Gasteiger partial charge in [-0.05, 0) is 52.9 Å². The second-order valence-corrected chi connectivity index (χ2v) is 7.99. The highest BCUT2D eigenvalue weighted by Gasteiger charge is 2.44. The van der Waals surface area contributed by atoms with E-state index in [0.29, 0.717) is 12.8 Å². The number of aromatic carboxylic acids is 2. The number of rotatable bonds is 4. The number of carbonyl (C=O) groups excluding carboxylic acids is 1. The van der Waals surface area contributed by atoms with Crippen LogP contribution in [0, 0.1) is 0 Å². The third kappa shape index (κ3) is 3.88. The maximum atomic E-state index is 12.6. The highest BCUT2D eigenvalue weighted by Crippen LogP contribution is 2.38. The van der Waals surface area contributed by atoms with Crippen LogP contribution in [0.5, 0.6) is 0 Å². The predicted molar refractivity (Wildman–Crippen MR) is 94.7 cm³/mol. The molecule has 1 aliphatic rings. The van der Waals surface area contributed by atoms with Gasteiger partial charge < -0.3 is 14.9 Å². The van der Waals surface area contributed by atoms with Gasteiger partial charge in [-0.3, -0.25) is 4.90 Å². The summed E-state index contributed by atoms with van der Waals surface area (Å²) in [6.07, 6.45) is 0.882. The molecule has 0 aliphatic carbocycles. The first-order valence-electron chi connectivity index (χ1n) is 8.41. The fraction of sp³-hybridized carbons (Fsp3) is 0.526. The average molecular weight is 363 g/mol. The molecule has 1 aliphatic heterocycles. The van der Waals surface area contributed by atoms with E-state index >= 15 is 0 Å². The molecule has 0 atom stereocenters. The van der Waals surface area contributed by atoms with Gasteiger partial charge in [0.1, 0.15) is 6.10 Å². The molecule has 7 heteroatoms. The van der Waals surface area contributed by atoms with Gasteiger partial charge in [-0.1, -0.05) is 0 Å². The number of carbonyl (C=O) groups is 3. The SMILES string of the molecule is CN1C(C)(C)CC(OC(=O)c2ccc(C(=O)O)cc2C(=O)O)CC1(C)C. The zero-order chi connectivity index (χ0) is 19.9. The smallest absolute Gasteiger partial charge is 0.339 e. The number of benzene rings is 1. The number of ether oxygens (including phenoxy) is 1. The summed E-state index contributed by atoms with van der Waals surface area (Å²) in [6.45, 7) is 8.27. The minimum atomic E-state index is -1.37. The molecule has 1 fully saturated rings. The lowest BCUT2D eigenvalue weighted by Crippen LogP contribution is -2.60. The fourth-order valence-corrected chi connectivity index (χ4v) is 3.61. The number of likely N-dealkylation sites (tertiary alicyclic amines) is 1. The van der Waals surface area contributed by atoms with Crippen LogP contribution >= 0.6 is 0 Å². The Bertz CT molecular complexity index is 734. The molecular formula is C19H25NO6. The summed E-state index contributed by atoms with van der Waals surface area (Å²) in [5, 5.41) is 18.3. The first kappa shape index (κ1) is 19.9. The van der Waals surface area contributed by atoms with Gasteiger partial charge in [0, 0.05) is 23.9 Å². The third-order valence-electron chi connectivity index (χ3n) is 5.26. The lowest BCUT2D eigenvalue weighted by atomic mass is 9.78. The average Bonchev–Trinajstić information content (AvgIpc) is 2.51. The standard InChI is InChI=1S/C19H25NO6/c1-18(2)9-12(10-19(3,4)20(18)5)26-17(25)13-7-6-11(15(21)22)8-14(13)16(23)24/h6-8,12H,9-10H2,1-5H3,(H,21,22)(H,23,24). The zero-order valence-corrected chi connectivity index (χ0v) is 15.7. The van der Waals surface area contributed by atoms with E-state index in [0.717, 1.165) is 6.07 Å². The van der Waals surface area contributed by atoms with Crippen molar-refractivity contribution in [1.29, 1.82) is 0 Å². The molecule has 7 nitrogen and oxygen atoms in total. The van der Waals surface area contributed by atoms with Crippen LogP contribution in [-0.2, 0) is 4.74 Å². The van der Waals surface area contributed by atoms with Crippen LogP contribution in [0.4, 0.5) is 0 Å². The molecular weight excluding hydrogens is 338 g/mol. The van der Waals surface area contributed by atoms with E-state index in [4.69, 9.17) is 9.84 Å². The molecule has 1 heterocycles. The van der Waals surface area contributed by atoms with Crippen LogP contribution in [-0.4, -0.2) is 57.3 Å². The fourth-order valence-electron chi connectivity index (χ4n) is 3.61. The summed E-state index contributed by atoms with van der Waals surface area (Å²) in [5.41, 5.74) is -1.08. The van der Waals surface area contributed by atoms with E-state index in [2.05, 4.69) is 32.6 Å². The van der Waals surface area contributed by atoms with E-state index in [1.54, 1.807) is 0 Å². The molecule has 0 unspecified atom stereocenters. The Hall–Kier alpha value is -2.41. The van der Waals surface area contributed by atoms with Crippen molar-refractivity contribution in [1.82, 2.24) is 4.90 Å². The van der Waals surface area contributed by atoms with Crippen LogP contribution in [0.1, 0.15) is 71.6 Å². The summed E-state index contributed by atoms with van der Waals surface area (Å²) in [7, 11) is 2.03. The molecule has 2 rings (SSSR count). The number of carboxylic acids is 2. The second kappa shape index (κ2) is 6.72. The van der Waals surface area contributed by atoms with E-state index in [1.807, 2.05) is 7.05 Å². The van der Waals surface area contributed by atoms with Gasteiger partial charge in [-0.2, -0.15) is 0 Å². The molecule has 0 aromatic heterocycles. The van der Waals surface area contributed by atoms with E-state index < -0.39 is 17.9 Å². The van der Waals surface area contributed by atoms with Gasteiger partial charge in [-0.15, -0.1) is 0 Å². The van der Waals surface area contributed by atoms with Gasteiger partial charge in [-0.25, -0.2) is 14.4 Å². The normalized spacial score (nSPS) is 19.7. The van der Waals surface area contributed by atoms with Crippen molar-refractivity contribution in [3.63, 3.8) is 0 Å². The Morgan fingerprint density at radius 2 is 1.54 bits per heavy atom. The summed E-state index contributed by atoms with van der Waals surface area (Å²) in [6, 6.07) is 3.37. The first-order valence-corrected chi connectivity index (χ1v) is 8.41. The maximum Gasteiger partial charge on any atom is 0.339 e. The van der Waals surface area contributed by atoms with Gasteiger partial charge in [0.05, 0.1) is 16.7 Å². The minimum absolute atomic E-state index is 0.142. The largest absolute Gasteiger partial charge is 0.478 e. The van der Waals surface area contributed by atoms with Crippen molar-refractivity contribution in [3.05, 3.63) is 34.9 Å². The minimum Gasteiger partial charge on any atom is -0.478 e. The first-order chi connectivity index (χ1) is 11.8. The molecule has 2 N–H and O–H groups in total. The monoisotopic (exact) mass is 363 g/mol. The summed E-state index contributed by atoms with van der Waals surface area (Å²) >= 11 is 0. The van der Waals surface area contributed by atoms with E-state index in [9.17, 15) is 19.5 Å². The van der Waals surface area contributed by atoms with Crippen molar-refractivity contribution < 1.29 is 29.3 Å². The quantitative estimate of drug-likeness (QED) is 0.793. The van der Waals surface area contributed by atoms with Gasteiger partial charge in [0.25, 0.3) is 0 Å². The topological polar surface area (TPSA) is 104 Å². The number of nitrogens with zero attached hydrogens (tertiary/aromatic N) is 1. The molecule has 142 valence electrons. The number of hydrogen-bond acceptors (Lipinski definition) is 5. The van der Waals surface area contributed by atoms with Gasteiger partial charge in [0.2, 0.25) is 0 Å². The van der Waals surface area contributed by atoms with Crippen molar-refractivity contribution in [3.8, 4) is 0 Å². The van der Waals surface area contributed by atoms with Crippen molar-refractivity contribution >= 4 is 17.9 Å². The molecule has 26 heavy (non-hydrogen) atoms. The molecule has 1 saturated heterocycles. The number of esters is 1. The Morgan fingerprint density at radius 3 is 2.00 bits per heavy atom. The summed E-state index contributed by atoms with van der Waals surface area (Å²) < 4.78 is 5.61. The van der Waals surface area contributed by atoms with E-state index in [-0.39, 0.29) is 33.9 Å². The number of hydrogen-bond donors (Lipinski definition) is 2. The highest BCUT2D eigenvalue weighted by atomic mass is 16.5. The van der Waals surface area contributed by atoms with Crippen LogP contribution in [0.25, 0.3) is 0 Å². The Labute approximate surface area is 152 Å². The lowest BCUT2D eigenvalue weighted by molar-refractivity contribution is -0.0732. The van der Waals surface area contributed by atoms with Gasteiger partial charge >= 0.3 is 17.9 Å². The molecule has 1 aromatic rings. The zero-order valence-electron chi connectivity index (χ0n) is 15.7. The molecule has 1 aromatic carbocycles. The second-order valence-electron chi connectivity index (χ2n) is 7.99. The molecule has 0 spiro atoms. The molecule has 0 amide bonds. The summed E-state index contributed by atoms with van der Waals surface area (Å²) in [5.74, 6) is -3.38. The molecule has 0 bridgehead atoms. The van der Waals surface area contributed by atoms with Gasteiger partial charge in [0.15, 0.2) is 0 Å². The van der Waals surface area contributed by atoms with Crippen molar-refractivity contribution in [2.75, 3.05) is 7.05 Å². The third-order valence-corrected chi connectivity index (χ3v) is 5.26. The number of piperidine rings is 1. The van der Waals surface area contributed by atoms with Crippen LogP contribution in [0.2, 0.25) is 0 Å². The lowest BCUT2D eigenvalue weighted by Gasteiger charge is -2.53. The molecule has 0 saturated carbocycles. The van der Waals surface area contributed by atoms with Crippen LogP contribution in [0.15, 0.2) is 18.2 Å². The molecule has 0 radical (unpaired) electrons. The van der Waals surface area contributed by atoms with Crippen LogP contribution in [0.3, 0.4) is 0 Å². The Balaban J connectivity index is 2.28. The maximum absolute atomic E-state index is 12.6. The van der Waals surface area contributed by atoms with Crippen LogP contribution < -0.4 is 0 Å². The summed E-state index contributed by atoms with van der Waals surface area (Å²) in [4.78, 5) is 37.3.